The minimum atomic E-state index is -0.769. The largest absolute Gasteiger partial charge is 0.388 e. The van der Waals surface area contributed by atoms with E-state index >= 15 is 0 Å². The lowest BCUT2D eigenvalue weighted by Gasteiger charge is -2.50. The topological polar surface area (TPSA) is 44.0 Å². The van der Waals surface area contributed by atoms with Gasteiger partial charge >= 0.3 is 0 Å². The molecule has 2 aliphatic rings. The molecule has 0 aromatic carbocycles. The Kier molecular flexibility index (Phi) is 3.02. The predicted molar refractivity (Wildman–Crippen MR) is 68.3 cm³/mol. The third kappa shape index (κ3) is 1.71. The normalized spacial score (nSPS) is 45.5. The Morgan fingerprint density at radius 3 is 2.12 bits per heavy atom. The Morgan fingerprint density at radius 1 is 1.12 bits per heavy atom. The molecule has 0 radical (unpaired) electrons. The van der Waals surface area contributed by atoms with Crippen LogP contribution in [0, 0.1) is 28.1 Å². The minimum absolute atomic E-state index is 0.108. The van der Waals surface area contributed by atoms with Gasteiger partial charge in [-0.1, -0.05) is 20.8 Å². The number of hydrogen-bond acceptors (Lipinski definition) is 2. The molecule has 2 aliphatic carbocycles. The van der Waals surface area contributed by atoms with Crippen molar-refractivity contribution in [3.05, 3.63) is 0 Å². The summed E-state index contributed by atoms with van der Waals surface area (Å²) in [6.07, 6.45) is 6.85. The second-order valence-electron chi connectivity index (χ2n) is 6.97. The van der Waals surface area contributed by atoms with E-state index in [-0.39, 0.29) is 5.41 Å². The van der Waals surface area contributed by atoms with Gasteiger partial charge < -0.3 is 5.11 Å². The summed E-state index contributed by atoms with van der Waals surface area (Å²) >= 11 is 0. The highest BCUT2D eigenvalue weighted by atomic mass is 16.3. The van der Waals surface area contributed by atoms with Crippen LogP contribution in [0.5, 0.6) is 0 Å². The van der Waals surface area contributed by atoms with Crippen LogP contribution in [-0.2, 0) is 0 Å². The summed E-state index contributed by atoms with van der Waals surface area (Å²) < 4.78 is 0. The first-order valence-electron chi connectivity index (χ1n) is 7.01. The van der Waals surface area contributed by atoms with Crippen molar-refractivity contribution in [2.45, 2.75) is 71.3 Å². The SMILES string of the molecule is CC1CCC(C#N)(C2(O)CCCC2(C)C)CC1. The number of aliphatic hydroxyl groups is 1. The van der Waals surface area contributed by atoms with Crippen molar-refractivity contribution in [2.75, 3.05) is 0 Å². The van der Waals surface area contributed by atoms with Gasteiger partial charge in [-0.05, 0) is 56.3 Å². The molecule has 0 amide bonds. The van der Waals surface area contributed by atoms with Crippen LogP contribution < -0.4 is 0 Å². The highest BCUT2D eigenvalue weighted by molar-refractivity contribution is 5.19. The second-order valence-corrected chi connectivity index (χ2v) is 6.97. The van der Waals surface area contributed by atoms with Gasteiger partial charge in [0, 0.05) is 0 Å². The van der Waals surface area contributed by atoms with Crippen molar-refractivity contribution in [3.63, 3.8) is 0 Å². The number of nitrogens with zero attached hydrogens (tertiary/aromatic N) is 1. The zero-order valence-corrected chi connectivity index (χ0v) is 11.4. The molecule has 2 rings (SSSR count). The smallest absolute Gasteiger partial charge is 0.0883 e. The van der Waals surface area contributed by atoms with E-state index in [0.717, 1.165) is 44.9 Å². The maximum Gasteiger partial charge on any atom is 0.0883 e. The average Bonchev–Trinajstić information content (AvgIpc) is 2.56. The van der Waals surface area contributed by atoms with Gasteiger partial charge in [0.15, 0.2) is 0 Å². The van der Waals surface area contributed by atoms with Gasteiger partial charge in [0.2, 0.25) is 0 Å². The van der Waals surface area contributed by atoms with Crippen LogP contribution in [0.2, 0.25) is 0 Å². The average molecular weight is 235 g/mol. The van der Waals surface area contributed by atoms with Gasteiger partial charge in [0.05, 0.1) is 17.1 Å². The van der Waals surface area contributed by atoms with E-state index in [1.54, 1.807) is 0 Å². The summed E-state index contributed by atoms with van der Waals surface area (Å²) in [4.78, 5) is 0. The van der Waals surface area contributed by atoms with Gasteiger partial charge in [-0.15, -0.1) is 0 Å². The summed E-state index contributed by atoms with van der Waals surface area (Å²) in [5, 5.41) is 20.8. The molecule has 0 spiro atoms. The van der Waals surface area contributed by atoms with Crippen molar-refractivity contribution in [3.8, 4) is 6.07 Å². The molecule has 0 aliphatic heterocycles. The molecule has 1 unspecified atom stereocenters. The van der Waals surface area contributed by atoms with Crippen LogP contribution in [0.25, 0.3) is 0 Å². The molecule has 2 fully saturated rings. The van der Waals surface area contributed by atoms with Crippen LogP contribution in [0.3, 0.4) is 0 Å². The molecule has 0 saturated heterocycles. The summed E-state index contributed by atoms with van der Waals surface area (Å²) in [6, 6.07) is 2.53. The van der Waals surface area contributed by atoms with E-state index in [1.807, 2.05) is 0 Å². The molecule has 17 heavy (non-hydrogen) atoms. The zero-order valence-electron chi connectivity index (χ0n) is 11.4. The van der Waals surface area contributed by atoms with E-state index < -0.39 is 11.0 Å². The van der Waals surface area contributed by atoms with E-state index in [4.69, 9.17) is 0 Å². The van der Waals surface area contributed by atoms with Gasteiger partial charge in [-0.2, -0.15) is 5.26 Å². The van der Waals surface area contributed by atoms with Crippen LogP contribution in [-0.4, -0.2) is 10.7 Å². The number of rotatable bonds is 1. The molecular formula is C15H25NO. The lowest BCUT2D eigenvalue weighted by Crippen LogP contribution is -2.55. The van der Waals surface area contributed by atoms with Gasteiger partial charge in [-0.3, -0.25) is 0 Å². The fraction of sp³-hybridized carbons (Fsp3) is 0.933. The molecule has 2 saturated carbocycles. The molecule has 2 heteroatoms. The molecule has 96 valence electrons. The van der Waals surface area contributed by atoms with Crippen molar-refractivity contribution in [1.82, 2.24) is 0 Å². The summed E-state index contributed by atoms with van der Waals surface area (Å²) in [5.74, 6) is 0.713. The van der Waals surface area contributed by atoms with Crippen molar-refractivity contribution in [1.29, 1.82) is 5.26 Å². The first kappa shape index (κ1) is 12.9. The third-order valence-electron chi connectivity index (χ3n) is 5.59. The quantitative estimate of drug-likeness (QED) is 0.754. The van der Waals surface area contributed by atoms with Crippen LogP contribution in [0.15, 0.2) is 0 Å². The molecular weight excluding hydrogens is 210 g/mol. The van der Waals surface area contributed by atoms with Crippen LogP contribution >= 0.6 is 0 Å². The van der Waals surface area contributed by atoms with Crippen LogP contribution in [0.4, 0.5) is 0 Å². The van der Waals surface area contributed by atoms with Gasteiger partial charge in [-0.25, -0.2) is 0 Å². The lowest BCUT2D eigenvalue weighted by molar-refractivity contribution is -0.136. The molecule has 0 heterocycles. The molecule has 0 aromatic heterocycles. The Bertz CT molecular complexity index is 333. The highest BCUT2D eigenvalue weighted by Crippen LogP contribution is 2.59. The second kappa shape index (κ2) is 3.99. The maximum absolute atomic E-state index is 11.2. The standard InChI is InChI=1S/C15H25NO/c1-12-5-9-14(11-16,10-6-12)15(17)8-4-7-13(15,2)3/h12,17H,4-10H2,1-3H3. The fourth-order valence-corrected chi connectivity index (χ4v) is 4.09. The molecule has 1 N–H and O–H groups in total. The highest BCUT2D eigenvalue weighted by Gasteiger charge is 2.61. The lowest BCUT2D eigenvalue weighted by atomic mass is 9.55. The minimum Gasteiger partial charge on any atom is -0.388 e. The number of nitriles is 1. The third-order valence-corrected chi connectivity index (χ3v) is 5.59. The molecule has 2 nitrogen and oxygen atoms in total. The summed E-state index contributed by atoms with van der Waals surface area (Å²) in [6.45, 7) is 6.53. The van der Waals surface area contributed by atoms with Gasteiger partial charge in [0.1, 0.15) is 0 Å². The fourth-order valence-electron chi connectivity index (χ4n) is 4.09. The number of hydrogen-bond donors (Lipinski definition) is 1. The predicted octanol–water partition coefficient (Wildman–Crippen LogP) is 3.65. The van der Waals surface area contributed by atoms with Crippen molar-refractivity contribution >= 4 is 0 Å². The first-order valence-corrected chi connectivity index (χ1v) is 7.01. The maximum atomic E-state index is 11.2. The van der Waals surface area contributed by atoms with E-state index in [1.165, 1.54) is 0 Å². The Hall–Kier alpha value is -0.550. The van der Waals surface area contributed by atoms with Gasteiger partial charge in [0.25, 0.3) is 0 Å². The van der Waals surface area contributed by atoms with E-state index in [0.29, 0.717) is 5.92 Å². The Balaban J connectivity index is 2.33. The Labute approximate surface area is 105 Å². The molecule has 1 atom stereocenters. The monoisotopic (exact) mass is 235 g/mol. The van der Waals surface area contributed by atoms with E-state index in [9.17, 15) is 10.4 Å². The first-order chi connectivity index (χ1) is 7.87. The zero-order chi connectivity index (χ0) is 12.7. The summed E-state index contributed by atoms with van der Waals surface area (Å²) in [5.41, 5.74) is -1.36. The molecule has 0 bridgehead atoms. The van der Waals surface area contributed by atoms with Crippen LogP contribution in [0.1, 0.15) is 65.7 Å². The summed E-state index contributed by atoms with van der Waals surface area (Å²) in [7, 11) is 0. The Morgan fingerprint density at radius 2 is 1.71 bits per heavy atom. The molecule has 0 aromatic rings. The van der Waals surface area contributed by atoms with E-state index in [2.05, 4.69) is 26.8 Å². The van der Waals surface area contributed by atoms with Crippen molar-refractivity contribution in [2.24, 2.45) is 16.7 Å². The van der Waals surface area contributed by atoms with Crippen molar-refractivity contribution < 1.29 is 5.11 Å².